The Balaban J connectivity index is 1.46. The van der Waals surface area contributed by atoms with Gasteiger partial charge in [0.2, 0.25) is 5.91 Å². The number of amides is 1. The molecule has 1 fully saturated rings. The van der Waals surface area contributed by atoms with Crippen LogP contribution in [0.4, 0.5) is 11.5 Å². The molecule has 27 heavy (non-hydrogen) atoms. The van der Waals surface area contributed by atoms with Gasteiger partial charge in [0.1, 0.15) is 12.1 Å². The number of hydrogen-bond acceptors (Lipinski definition) is 5. The van der Waals surface area contributed by atoms with E-state index in [1.807, 2.05) is 49.5 Å². The maximum absolute atomic E-state index is 12.7. The molecule has 1 saturated heterocycles. The molecule has 4 rings (SSSR count). The normalized spacial score (nSPS) is 16.9. The SMILES string of the molecule is Cc1cccc(NC(=O)C2CCCN(c3cc(-n4cccn4)ncn3)C2)c1. The Morgan fingerprint density at radius 2 is 2.07 bits per heavy atom. The first kappa shape index (κ1) is 17.2. The molecular weight excluding hydrogens is 340 g/mol. The van der Waals surface area contributed by atoms with Gasteiger partial charge in [-0.3, -0.25) is 4.79 Å². The Labute approximate surface area is 158 Å². The molecule has 1 N–H and O–H groups in total. The van der Waals surface area contributed by atoms with Crippen LogP contribution in [0, 0.1) is 12.8 Å². The second-order valence-electron chi connectivity index (χ2n) is 6.83. The molecule has 1 amide bonds. The number of hydrogen-bond donors (Lipinski definition) is 1. The zero-order valence-corrected chi connectivity index (χ0v) is 15.2. The maximum atomic E-state index is 12.7. The summed E-state index contributed by atoms with van der Waals surface area (Å²) < 4.78 is 1.71. The average Bonchev–Trinajstić information content (AvgIpc) is 3.23. The number of nitrogens with zero attached hydrogens (tertiary/aromatic N) is 5. The van der Waals surface area contributed by atoms with E-state index in [0.29, 0.717) is 6.54 Å². The number of carbonyl (C=O) groups is 1. The van der Waals surface area contributed by atoms with Gasteiger partial charge in [-0.1, -0.05) is 12.1 Å². The number of nitrogens with one attached hydrogen (secondary N) is 1. The van der Waals surface area contributed by atoms with Crippen LogP contribution in [0.5, 0.6) is 0 Å². The minimum Gasteiger partial charge on any atom is -0.356 e. The number of piperidine rings is 1. The second kappa shape index (κ2) is 7.57. The molecule has 1 aliphatic heterocycles. The Morgan fingerprint density at radius 3 is 2.89 bits per heavy atom. The van der Waals surface area contributed by atoms with Gasteiger partial charge < -0.3 is 10.2 Å². The van der Waals surface area contributed by atoms with Gasteiger partial charge in [-0.25, -0.2) is 14.6 Å². The van der Waals surface area contributed by atoms with Crippen molar-refractivity contribution in [3.05, 3.63) is 60.7 Å². The molecule has 3 heterocycles. The summed E-state index contributed by atoms with van der Waals surface area (Å²) >= 11 is 0. The monoisotopic (exact) mass is 362 g/mol. The van der Waals surface area contributed by atoms with Crippen LogP contribution >= 0.6 is 0 Å². The highest BCUT2D eigenvalue weighted by Gasteiger charge is 2.27. The molecule has 7 heteroatoms. The van der Waals surface area contributed by atoms with Crippen molar-refractivity contribution in [1.82, 2.24) is 19.7 Å². The van der Waals surface area contributed by atoms with E-state index < -0.39 is 0 Å². The van der Waals surface area contributed by atoms with E-state index in [4.69, 9.17) is 0 Å². The molecule has 7 nitrogen and oxygen atoms in total. The highest BCUT2D eigenvalue weighted by molar-refractivity contribution is 5.93. The number of aryl methyl sites for hydroxylation is 1. The maximum Gasteiger partial charge on any atom is 0.229 e. The van der Waals surface area contributed by atoms with Crippen molar-refractivity contribution >= 4 is 17.4 Å². The summed E-state index contributed by atoms with van der Waals surface area (Å²) in [5.41, 5.74) is 1.98. The molecule has 1 aliphatic rings. The van der Waals surface area contributed by atoms with Crippen molar-refractivity contribution in [3.63, 3.8) is 0 Å². The summed E-state index contributed by atoms with van der Waals surface area (Å²) in [7, 11) is 0. The molecule has 0 radical (unpaired) electrons. The van der Waals surface area contributed by atoms with E-state index in [2.05, 4.69) is 25.3 Å². The third kappa shape index (κ3) is 3.97. The molecule has 0 bridgehead atoms. The van der Waals surface area contributed by atoms with Gasteiger partial charge in [0, 0.05) is 37.2 Å². The number of aromatic nitrogens is 4. The fourth-order valence-electron chi connectivity index (χ4n) is 3.41. The third-order valence-electron chi connectivity index (χ3n) is 4.78. The lowest BCUT2D eigenvalue weighted by molar-refractivity contribution is -0.120. The van der Waals surface area contributed by atoms with Crippen molar-refractivity contribution in [1.29, 1.82) is 0 Å². The van der Waals surface area contributed by atoms with Crippen LogP contribution in [0.3, 0.4) is 0 Å². The second-order valence-corrected chi connectivity index (χ2v) is 6.83. The highest BCUT2D eigenvalue weighted by Crippen LogP contribution is 2.24. The first-order valence-electron chi connectivity index (χ1n) is 9.13. The van der Waals surface area contributed by atoms with Crippen LogP contribution in [-0.2, 0) is 4.79 Å². The fraction of sp³-hybridized carbons (Fsp3) is 0.300. The van der Waals surface area contributed by atoms with Gasteiger partial charge >= 0.3 is 0 Å². The van der Waals surface area contributed by atoms with Crippen LogP contribution in [0.1, 0.15) is 18.4 Å². The molecule has 0 saturated carbocycles. The molecule has 1 atom stereocenters. The van der Waals surface area contributed by atoms with Gasteiger partial charge in [0.25, 0.3) is 0 Å². The molecular formula is C20H22N6O. The van der Waals surface area contributed by atoms with Crippen LogP contribution in [0.2, 0.25) is 0 Å². The number of benzene rings is 1. The number of anilines is 2. The minimum atomic E-state index is -0.0672. The van der Waals surface area contributed by atoms with E-state index >= 15 is 0 Å². The van der Waals surface area contributed by atoms with Crippen LogP contribution in [0.15, 0.2) is 55.1 Å². The highest BCUT2D eigenvalue weighted by atomic mass is 16.1. The van der Waals surface area contributed by atoms with E-state index in [-0.39, 0.29) is 11.8 Å². The van der Waals surface area contributed by atoms with Crippen molar-refractivity contribution < 1.29 is 4.79 Å². The minimum absolute atomic E-state index is 0.0617. The predicted octanol–water partition coefficient (Wildman–Crippen LogP) is 2.83. The fourth-order valence-corrected chi connectivity index (χ4v) is 3.41. The molecule has 1 unspecified atom stereocenters. The van der Waals surface area contributed by atoms with E-state index in [9.17, 15) is 4.79 Å². The summed E-state index contributed by atoms with van der Waals surface area (Å²) in [5, 5.41) is 7.26. The van der Waals surface area contributed by atoms with Gasteiger partial charge in [0.05, 0.1) is 5.92 Å². The number of rotatable bonds is 4. The van der Waals surface area contributed by atoms with Crippen LogP contribution < -0.4 is 10.2 Å². The summed E-state index contributed by atoms with van der Waals surface area (Å²) in [6.07, 6.45) is 6.94. The van der Waals surface area contributed by atoms with Crippen molar-refractivity contribution in [2.75, 3.05) is 23.3 Å². The predicted molar refractivity (Wildman–Crippen MR) is 104 cm³/mol. The summed E-state index contributed by atoms with van der Waals surface area (Å²) in [6, 6.07) is 11.6. The van der Waals surface area contributed by atoms with Crippen molar-refractivity contribution in [2.24, 2.45) is 5.92 Å². The van der Waals surface area contributed by atoms with Crippen LogP contribution in [0.25, 0.3) is 5.82 Å². The Hall–Kier alpha value is -3.22. The molecule has 3 aromatic rings. The third-order valence-corrected chi connectivity index (χ3v) is 4.78. The van der Waals surface area contributed by atoms with Gasteiger partial charge in [-0.05, 0) is 43.5 Å². The standard InChI is InChI=1S/C20H22N6O/c1-15-5-2-7-17(11-15)24-20(27)16-6-3-9-25(13-16)18-12-19(22-14-21-18)26-10-4-8-23-26/h2,4-5,7-8,10-12,14,16H,3,6,9,13H2,1H3,(H,24,27). The zero-order chi connectivity index (χ0) is 18.6. The molecule has 0 spiro atoms. The zero-order valence-electron chi connectivity index (χ0n) is 15.2. The first-order valence-corrected chi connectivity index (χ1v) is 9.13. The first-order chi connectivity index (χ1) is 13.2. The molecule has 1 aromatic carbocycles. The van der Waals surface area contributed by atoms with E-state index in [1.54, 1.807) is 17.2 Å². The van der Waals surface area contributed by atoms with Gasteiger partial charge in [-0.2, -0.15) is 5.10 Å². The van der Waals surface area contributed by atoms with Crippen LogP contribution in [-0.4, -0.2) is 38.7 Å². The van der Waals surface area contributed by atoms with E-state index in [1.165, 1.54) is 0 Å². The molecule has 2 aromatic heterocycles. The van der Waals surface area contributed by atoms with Gasteiger partial charge in [-0.15, -0.1) is 0 Å². The average molecular weight is 362 g/mol. The van der Waals surface area contributed by atoms with Crippen molar-refractivity contribution in [2.45, 2.75) is 19.8 Å². The lowest BCUT2D eigenvalue weighted by Gasteiger charge is -2.32. The Bertz CT molecular complexity index is 924. The number of carbonyl (C=O) groups excluding carboxylic acids is 1. The summed E-state index contributed by atoms with van der Waals surface area (Å²) in [5.74, 6) is 1.54. The summed E-state index contributed by atoms with van der Waals surface area (Å²) in [6.45, 7) is 3.54. The lowest BCUT2D eigenvalue weighted by Crippen LogP contribution is -2.41. The topological polar surface area (TPSA) is 75.9 Å². The quantitative estimate of drug-likeness (QED) is 0.772. The lowest BCUT2D eigenvalue weighted by atomic mass is 9.97. The van der Waals surface area contributed by atoms with Crippen molar-refractivity contribution in [3.8, 4) is 5.82 Å². The Kier molecular flexibility index (Phi) is 4.82. The smallest absolute Gasteiger partial charge is 0.229 e. The van der Waals surface area contributed by atoms with E-state index in [0.717, 1.165) is 42.3 Å². The molecule has 138 valence electrons. The van der Waals surface area contributed by atoms with Gasteiger partial charge in [0.15, 0.2) is 5.82 Å². The molecule has 0 aliphatic carbocycles. The Morgan fingerprint density at radius 1 is 1.19 bits per heavy atom. The largest absolute Gasteiger partial charge is 0.356 e. The summed E-state index contributed by atoms with van der Waals surface area (Å²) in [4.78, 5) is 23.6.